The number of fused-ring (bicyclic) bond motifs is 2. The van der Waals surface area contributed by atoms with Gasteiger partial charge < -0.3 is 19.6 Å². The van der Waals surface area contributed by atoms with Crippen LogP contribution in [0.4, 0.5) is 8.78 Å². The molecule has 34 heavy (non-hydrogen) atoms. The van der Waals surface area contributed by atoms with E-state index in [4.69, 9.17) is 0 Å². The topological polar surface area (TPSA) is 65.4 Å². The minimum absolute atomic E-state index is 0.121. The molecule has 1 aliphatic heterocycles. The zero-order chi connectivity index (χ0) is 23.8. The number of aryl methyl sites for hydroxylation is 1. The number of halogens is 2. The van der Waals surface area contributed by atoms with Crippen LogP contribution in [0.1, 0.15) is 35.6 Å². The minimum atomic E-state index is -2.44. The molecule has 6 nitrogen and oxygen atoms in total. The van der Waals surface area contributed by atoms with Gasteiger partial charge in [0.2, 0.25) is 12.3 Å². The van der Waals surface area contributed by atoms with Crippen LogP contribution in [0.5, 0.6) is 0 Å². The van der Waals surface area contributed by atoms with Gasteiger partial charge in [0, 0.05) is 48.4 Å². The van der Waals surface area contributed by atoms with Crippen molar-refractivity contribution in [3.63, 3.8) is 0 Å². The zero-order valence-corrected chi connectivity index (χ0v) is 19.4. The Balaban J connectivity index is 1.48. The first-order valence-electron chi connectivity index (χ1n) is 11.7. The Labute approximate surface area is 197 Å². The maximum absolute atomic E-state index is 13.6. The summed E-state index contributed by atoms with van der Waals surface area (Å²) in [7, 11) is 1.77. The van der Waals surface area contributed by atoms with E-state index in [9.17, 15) is 13.6 Å². The molecule has 0 saturated carbocycles. The second-order valence-electron chi connectivity index (χ2n) is 9.13. The number of likely N-dealkylation sites (tertiary alicyclic amines) is 1. The highest BCUT2D eigenvalue weighted by Crippen LogP contribution is 2.36. The number of hydrogen-bond acceptors (Lipinski definition) is 3. The minimum Gasteiger partial charge on any atom is -0.354 e. The van der Waals surface area contributed by atoms with Crippen LogP contribution in [0.15, 0.2) is 42.7 Å². The molecule has 0 unspecified atom stereocenters. The summed E-state index contributed by atoms with van der Waals surface area (Å²) in [6.45, 7) is 3.72. The number of nitrogens with zero attached hydrogens (tertiary/aromatic N) is 3. The molecule has 4 aromatic rings. The first-order chi connectivity index (χ1) is 16.4. The highest BCUT2D eigenvalue weighted by atomic mass is 19.3. The maximum Gasteiger partial charge on any atom is 0.242 e. The number of pyridine rings is 1. The highest BCUT2D eigenvalue weighted by molar-refractivity contribution is 5.91. The molecule has 1 saturated heterocycles. The van der Waals surface area contributed by atoms with Crippen molar-refractivity contribution in [2.45, 2.75) is 38.5 Å². The highest BCUT2D eigenvalue weighted by Gasteiger charge is 2.25. The van der Waals surface area contributed by atoms with E-state index in [1.165, 1.54) is 0 Å². The van der Waals surface area contributed by atoms with Crippen LogP contribution in [0.25, 0.3) is 27.8 Å². The van der Waals surface area contributed by atoms with Crippen molar-refractivity contribution in [3.05, 3.63) is 59.5 Å². The normalized spacial score (nSPS) is 15.1. The Bertz CT molecular complexity index is 1330. The van der Waals surface area contributed by atoms with Crippen LogP contribution in [0.2, 0.25) is 0 Å². The fourth-order valence-corrected chi connectivity index (χ4v) is 5.12. The fourth-order valence-electron chi connectivity index (χ4n) is 5.12. The second kappa shape index (κ2) is 9.18. The SMILES string of the molecule is CNCC(=O)N1CCC(c2ccc3[nH]c(-c4ccc5nc(C)cn5c4)c(CC(F)F)c3c2)CC1. The molecule has 2 N–H and O–H groups in total. The van der Waals surface area contributed by atoms with E-state index >= 15 is 0 Å². The number of carbonyl (C=O) groups is 1. The zero-order valence-electron chi connectivity index (χ0n) is 19.4. The molecule has 0 aliphatic carbocycles. The van der Waals surface area contributed by atoms with E-state index in [1.807, 2.05) is 46.8 Å². The van der Waals surface area contributed by atoms with Crippen LogP contribution in [0, 0.1) is 6.92 Å². The Morgan fingerprint density at radius 3 is 2.74 bits per heavy atom. The predicted molar refractivity (Wildman–Crippen MR) is 129 cm³/mol. The Morgan fingerprint density at radius 1 is 1.21 bits per heavy atom. The van der Waals surface area contributed by atoms with Crippen LogP contribution < -0.4 is 5.32 Å². The summed E-state index contributed by atoms with van der Waals surface area (Å²) < 4.78 is 29.2. The van der Waals surface area contributed by atoms with Crippen molar-refractivity contribution in [2.75, 3.05) is 26.7 Å². The lowest BCUT2D eigenvalue weighted by Crippen LogP contribution is -2.41. The molecule has 0 bridgehead atoms. The average Bonchev–Trinajstić information content (AvgIpc) is 3.37. The number of H-pyrrole nitrogens is 1. The van der Waals surface area contributed by atoms with Gasteiger partial charge in [0.15, 0.2) is 0 Å². The van der Waals surface area contributed by atoms with Crippen molar-refractivity contribution in [3.8, 4) is 11.3 Å². The second-order valence-corrected chi connectivity index (χ2v) is 9.13. The third-order valence-electron chi connectivity index (χ3n) is 6.80. The Morgan fingerprint density at radius 2 is 2.00 bits per heavy atom. The third kappa shape index (κ3) is 4.30. The lowest BCUT2D eigenvalue weighted by molar-refractivity contribution is -0.131. The van der Waals surface area contributed by atoms with Crippen molar-refractivity contribution in [1.29, 1.82) is 0 Å². The van der Waals surface area contributed by atoms with E-state index in [2.05, 4.69) is 27.4 Å². The van der Waals surface area contributed by atoms with Crippen LogP contribution in [-0.2, 0) is 11.2 Å². The quantitative estimate of drug-likeness (QED) is 0.440. The van der Waals surface area contributed by atoms with E-state index in [-0.39, 0.29) is 12.3 Å². The lowest BCUT2D eigenvalue weighted by Gasteiger charge is -2.32. The van der Waals surface area contributed by atoms with Crippen LogP contribution in [-0.4, -0.2) is 58.3 Å². The average molecular weight is 466 g/mol. The first-order valence-corrected chi connectivity index (χ1v) is 11.7. The standard InChI is InChI=1S/C26H29F2N5O/c1-16-14-33-15-19(4-6-24(33)30-16)26-21(12-23(27)28)20-11-18(3-5-22(20)31-26)17-7-9-32(10-8-17)25(34)13-29-2/h3-6,11,14-15,17,23,29,31H,7-10,12-13H2,1-2H3. The first kappa shape index (κ1) is 22.5. The van der Waals surface area contributed by atoms with Gasteiger partial charge in [0.05, 0.1) is 17.9 Å². The number of rotatable bonds is 6. The molecule has 0 radical (unpaired) electrons. The number of alkyl halides is 2. The summed E-state index contributed by atoms with van der Waals surface area (Å²) in [6, 6.07) is 10.0. The molecule has 1 aliphatic rings. The molecular formula is C26H29F2N5O. The fraction of sp³-hybridized carbons (Fsp3) is 0.385. The summed E-state index contributed by atoms with van der Waals surface area (Å²) in [4.78, 5) is 21.9. The molecular weight excluding hydrogens is 436 g/mol. The van der Waals surface area contributed by atoms with E-state index in [0.717, 1.165) is 65.0 Å². The van der Waals surface area contributed by atoms with Crippen LogP contribution in [0.3, 0.4) is 0 Å². The van der Waals surface area contributed by atoms with E-state index in [1.54, 1.807) is 7.05 Å². The van der Waals surface area contributed by atoms with E-state index < -0.39 is 6.43 Å². The van der Waals surface area contributed by atoms with Crippen molar-refractivity contribution in [1.82, 2.24) is 24.6 Å². The van der Waals surface area contributed by atoms with Crippen molar-refractivity contribution < 1.29 is 13.6 Å². The van der Waals surface area contributed by atoms with Gasteiger partial charge in [0.25, 0.3) is 0 Å². The van der Waals surface area contributed by atoms with Crippen LogP contribution >= 0.6 is 0 Å². The largest absolute Gasteiger partial charge is 0.354 e. The number of amides is 1. The van der Waals surface area contributed by atoms with Gasteiger partial charge in [-0.15, -0.1) is 0 Å². The molecule has 4 heterocycles. The number of imidazole rings is 1. The summed E-state index contributed by atoms with van der Waals surface area (Å²) in [6.07, 6.45) is 2.87. The number of aromatic nitrogens is 3. The summed E-state index contributed by atoms with van der Waals surface area (Å²) in [5.74, 6) is 0.432. The monoisotopic (exact) mass is 465 g/mol. The Kier molecular flexibility index (Phi) is 6.08. The summed E-state index contributed by atoms with van der Waals surface area (Å²) >= 11 is 0. The molecule has 178 valence electrons. The molecule has 5 rings (SSSR count). The summed E-state index contributed by atoms with van der Waals surface area (Å²) in [5, 5.41) is 3.77. The van der Waals surface area contributed by atoms with Crippen molar-refractivity contribution in [2.24, 2.45) is 0 Å². The number of hydrogen-bond donors (Lipinski definition) is 2. The van der Waals surface area contributed by atoms with Gasteiger partial charge in [-0.1, -0.05) is 6.07 Å². The van der Waals surface area contributed by atoms with Gasteiger partial charge in [-0.2, -0.15) is 0 Å². The molecule has 3 aromatic heterocycles. The molecule has 0 atom stereocenters. The van der Waals surface area contributed by atoms with Gasteiger partial charge in [-0.3, -0.25) is 4.79 Å². The van der Waals surface area contributed by atoms with Crippen molar-refractivity contribution >= 4 is 22.5 Å². The number of nitrogens with one attached hydrogen (secondary N) is 2. The number of carbonyl (C=O) groups excluding carboxylic acids is 1. The molecule has 1 aromatic carbocycles. The van der Waals surface area contributed by atoms with Gasteiger partial charge in [-0.05, 0) is 68.1 Å². The Hall–Kier alpha value is -3.26. The van der Waals surface area contributed by atoms with Gasteiger partial charge in [0.1, 0.15) is 5.65 Å². The lowest BCUT2D eigenvalue weighted by atomic mass is 9.88. The predicted octanol–water partition coefficient (Wildman–Crippen LogP) is 4.52. The van der Waals surface area contributed by atoms with Gasteiger partial charge >= 0.3 is 0 Å². The summed E-state index contributed by atoms with van der Waals surface area (Å²) in [5.41, 5.74) is 5.97. The number of benzene rings is 1. The third-order valence-corrected chi connectivity index (χ3v) is 6.80. The number of likely N-dealkylation sites (N-methyl/N-ethyl adjacent to an activating group) is 1. The molecule has 1 fully saturated rings. The smallest absolute Gasteiger partial charge is 0.242 e. The van der Waals surface area contributed by atoms with E-state index in [0.29, 0.717) is 18.0 Å². The molecule has 1 amide bonds. The number of piperidine rings is 1. The number of aromatic amines is 1. The molecule has 0 spiro atoms. The maximum atomic E-state index is 13.6. The molecule has 8 heteroatoms. The van der Waals surface area contributed by atoms with Gasteiger partial charge in [-0.25, -0.2) is 13.8 Å².